The third-order valence-corrected chi connectivity index (χ3v) is 4.09. The molecule has 1 saturated heterocycles. The number of hydrogen-bond acceptors (Lipinski definition) is 7. The van der Waals surface area contributed by atoms with E-state index in [9.17, 15) is 14.3 Å². The number of likely N-dealkylation sites (tertiary alicyclic amines) is 1. The van der Waals surface area contributed by atoms with Crippen LogP contribution in [0.5, 0.6) is 0 Å². The number of aliphatic hydroxyl groups is 1. The number of carbonyl (C=O) groups excluding carboxylic acids is 1. The Morgan fingerprint density at radius 1 is 1.35 bits per heavy atom. The van der Waals surface area contributed by atoms with Crippen molar-refractivity contribution in [2.75, 3.05) is 13.1 Å². The monoisotopic (exact) mass is 358 g/mol. The van der Waals surface area contributed by atoms with Crippen LogP contribution in [0.25, 0.3) is 5.69 Å². The Bertz CT molecular complexity index is 895. The molecule has 1 amide bonds. The third-order valence-electron chi connectivity index (χ3n) is 4.09. The molecule has 1 aliphatic heterocycles. The number of hydrogen-bond donors (Lipinski definition) is 1. The van der Waals surface area contributed by atoms with Gasteiger partial charge in [0.2, 0.25) is 5.89 Å². The SMILES string of the molecule is O=C(c1coc(C(O)c2ccc(-n3nccn3)cn2)n1)N1CCC(F)C1. The molecule has 10 heteroatoms. The highest BCUT2D eigenvalue weighted by atomic mass is 19.1. The first kappa shape index (κ1) is 16.3. The molecule has 0 aliphatic carbocycles. The average molecular weight is 358 g/mol. The zero-order valence-electron chi connectivity index (χ0n) is 13.6. The molecule has 26 heavy (non-hydrogen) atoms. The summed E-state index contributed by atoms with van der Waals surface area (Å²) in [7, 11) is 0. The van der Waals surface area contributed by atoms with Crippen LogP contribution in [0.3, 0.4) is 0 Å². The molecule has 0 radical (unpaired) electrons. The highest BCUT2D eigenvalue weighted by molar-refractivity contribution is 5.92. The molecule has 2 atom stereocenters. The molecule has 0 saturated carbocycles. The fraction of sp³-hybridized carbons (Fsp3) is 0.312. The lowest BCUT2D eigenvalue weighted by atomic mass is 10.2. The van der Waals surface area contributed by atoms with Gasteiger partial charge in [0.05, 0.1) is 30.8 Å². The standard InChI is InChI=1S/C16H15FN6O3/c17-10-3-6-22(8-10)16(25)13-9-26-15(21-13)14(24)12-2-1-11(7-18-12)23-19-4-5-20-23/h1-2,4-5,7,9-10,14,24H,3,6,8H2. The highest BCUT2D eigenvalue weighted by Gasteiger charge is 2.29. The minimum Gasteiger partial charge on any atom is -0.445 e. The first-order valence-corrected chi connectivity index (χ1v) is 8.01. The van der Waals surface area contributed by atoms with Gasteiger partial charge < -0.3 is 14.4 Å². The van der Waals surface area contributed by atoms with E-state index < -0.39 is 18.2 Å². The van der Waals surface area contributed by atoms with E-state index in [1.54, 1.807) is 24.5 Å². The Balaban J connectivity index is 1.49. The van der Waals surface area contributed by atoms with E-state index in [1.165, 1.54) is 15.9 Å². The zero-order valence-corrected chi connectivity index (χ0v) is 13.6. The lowest BCUT2D eigenvalue weighted by Crippen LogP contribution is -2.29. The summed E-state index contributed by atoms with van der Waals surface area (Å²) in [6.07, 6.45) is 3.82. The maximum atomic E-state index is 13.2. The molecule has 1 aliphatic rings. The van der Waals surface area contributed by atoms with Crippen LogP contribution >= 0.6 is 0 Å². The molecular weight excluding hydrogens is 343 g/mol. The van der Waals surface area contributed by atoms with Crippen LogP contribution in [0.4, 0.5) is 4.39 Å². The average Bonchev–Trinajstić information content (AvgIpc) is 3.42. The summed E-state index contributed by atoms with van der Waals surface area (Å²) in [5, 5.41) is 18.4. The zero-order chi connectivity index (χ0) is 18.1. The topological polar surface area (TPSA) is 110 Å². The second-order valence-electron chi connectivity index (χ2n) is 5.87. The number of rotatable bonds is 4. The molecule has 0 bridgehead atoms. The summed E-state index contributed by atoms with van der Waals surface area (Å²) in [5.74, 6) is -0.470. The van der Waals surface area contributed by atoms with Gasteiger partial charge >= 0.3 is 0 Å². The van der Waals surface area contributed by atoms with Gasteiger partial charge in [-0.3, -0.25) is 9.78 Å². The van der Waals surface area contributed by atoms with E-state index in [-0.39, 0.29) is 18.1 Å². The number of nitrogens with zero attached hydrogens (tertiary/aromatic N) is 6. The van der Waals surface area contributed by atoms with Crippen LogP contribution in [-0.2, 0) is 0 Å². The summed E-state index contributed by atoms with van der Waals surface area (Å²) in [4.78, 5) is 23.2. The van der Waals surface area contributed by atoms with E-state index >= 15 is 0 Å². The molecule has 134 valence electrons. The molecule has 4 heterocycles. The van der Waals surface area contributed by atoms with E-state index in [4.69, 9.17) is 4.42 Å². The van der Waals surface area contributed by atoms with Crippen molar-refractivity contribution in [3.8, 4) is 5.69 Å². The van der Waals surface area contributed by atoms with Gasteiger partial charge in [-0.25, -0.2) is 9.37 Å². The molecule has 9 nitrogen and oxygen atoms in total. The van der Waals surface area contributed by atoms with Crippen LogP contribution in [0.1, 0.15) is 34.6 Å². The van der Waals surface area contributed by atoms with Gasteiger partial charge in [0, 0.05) is 6.54 Å². The van der Waals surface area contributed by atoms with Crippen molar-refractivity contribution in [2.45, 2.75) is 18.7 Å². The van der Waals surface area contributed by atoms with Crippen molar-refractivity contribution in [1.29, 1.82) is 0 Å². The smallest absolute Gasteiger partial charge is 0.275 e. The Morgan fingerprint density at radius 3 is 2.81 bits per heavy atom. The van der Waals surface area contributed by atoms with Crippen LogP contribution in [0.15, 0.2) is 41.4 Å². The van der Waals surface area contributed by atoms with E-state index in [2.05, 4.69) is 20.2 Å². The molecule has 2 unspecified atom stereocenters. The molecule has 3 aromatic rings. The number of alkyl halides is 1. The number of oxazole rings is 1. The van der Waals surface area contributed by atoms with Gasteiger partial charge in [0.1, 0.15) is 18.1 Å². The molecule has 4 rings (SSSR count). The first-order valence-electron chi connectivity index (χ1n) is 8.01. The Labute approximate surface area is 147 Å². The maximum Gasteiger partial charge on any atom is 0.275 e. The molecule has 3 aromatic heterocycles. The van der Waals surface area contributed by atoms with E-state index in [0.717, 1.165) is 6.26 Å². The fourth-order valence-corrected chi connectivity index (χ4v) is 2.73. The van der Waals surface area contributed by atoms with Gasteiger partial charge in [-0.05, 0) is 18.6 Å². The summed E-state index contributed by atoms with van der Waals surface area (Å²) >= 11 is 0. The van der Waals surface area contributed by atoms with E-state index in [0.29, 0.717) is 24.3 Å². The Kier molecular flexibility index (Phi) is 4.17. The molecule has 1 fully saturated rings. The number of pyridine rings is 1. The molecule has 1 N–H and O–H groups in total. The fourth-order valence-electron chi connectivity index (χ4n) is 2.73. The van der Waals surface area contributed by atoms with Gasteiger partial charge in [-0.2, -0.15) is 15.0 Å². The summed E-state index contributed by atoms with van der Waals surface area (Å²) in [5.41, 5.74) is 0.960. The van der Waals surface area contributed by atoms with Gasteiger partial charge in [0.25, 0.3) is 5.91 Å². The predicted octanol–water partition coefficient (Wildman–Crippen LogP) is 0.916. The number of halogens is 1. The number of aliphatic hydroxyl groups excluding tert-OH is 1. The normalized spacial score (nSPS) is 18.2. The molecule has 0 spiro atoms. The summed E-state index contributed by atoms with van der Waals surface area (Å²) < 4.78 is 18.5. The second-order valence-corrected chi connectivity index (χ2v) is 5.87. The molecular formula is C16H15FN6O3. The van der Waals surface area contributed by atoms with Gasteiger partial charge in [0.15, 0.2) is 11.8 Å². The Morgan fingerprint density at radius 2 is 2.15 bits per heavy atom. The van der Waals surface area contributed by atoms with Crippen molar-refractivity contribution in [1.82, 2.24) is 29.9 Å². The van der Waals surface area contributed by atoms with Crippen LogP contribution in [0, 0.1) is 0 Å². The molecule has 0 aromatic carbocycles. The van der Waals surface area contributed by atoms with Crippen molar-refractivity contribution in [3.05, 3.63) is 54.3 Å². The van der Waals surface area contributed by atoms with Crippen LogP contribution in [-0.4, -0.2) is 60.1 Å². The largest absolute Gasteiger partial charge is 0.445 e. The summed E-state index contributed by atoms with van der Waals surface area (Å²) in [6.45, 7) is 0.392. The van der Waals surface area contributed by atoms with Gasteiger partial charge in [-0.1, -0.05) is 0 Å². The Hall–Kier alpha value is -3.14. The number of carbonyl (C=O) groups is 1. The van der Waals surface area contributed by atoms with Crippen molar-refractivity contribution >= 4 is 5.91 Å². The van der Waals surface area contributed by atoms with Crippen molar-refractivity contribution < 1.29 is 18.7 Å². The minimum atomic E-state index is -1.23. The lowest BCUT2D eigenvalue weighted by Gasteiger charge is -2.12. The highest BCUT2D eigenvalue weighted by Crippen LogP contribution is 2.22. The maximum absolute atomic E-state index is 13.2. The van der Waals surface area contributed by atoms with Crippen LogP contribution < -0.4 is 0 Å². The van der Waals surface area contributed by atoms with Crippen molar-refractivity contribution in [3.63, 3.8) is 0 Å². The second kappa shape index (κ2) is 6.64. The number of aromatic nitrogens is 5. The first-order chi connectivity index (χ1) is 12.6. The lowest BCUT2D eigenvalue weighted by molar-refractivity contribution is 0.0777. The minimum absolute atomic E-state index is 0.0329. The van der Waals surface area contributed by atoms with E-state index in [1.807, 2.05) is 0 Å². The third kappa shape index (κ3) is 3.06. The van der Waals surface area contributed by atoms with Crippen LogP contribution in [0.2, 0.25) is 0 Å². The number of amides is 1. The summed E-state index contributed by atoms with van der Waals surface area (Å²) in [6, 6.07) is 3.27. The predicted molar refractivity (Wildman–Crippen MR) is 85.1 cm³/mol. The van der Waals surface area contributed by atoms with Crippen molar-refractivity contribution in [2.24, 2.45) is 0 Å². The van der Waals surface area contributed by atoms with Gasteiger partial charge in [-0.15, -0.1) is 0 Å². The quantitative estimate of drug-likeness (QED) is 0.738.